The highest BCUT2D eigenvalue weighted by molar-refractivity contribution is 7.64. The maximum atomic E-state index is 5.85. The highest BCUT2D eigenvalue weighted by Gasteiger charge is 2.28. The topological polar surface area (TPSA) is 0 Å². The SMILES string of the molecule is C[SiH](Cl)Cl.C[Si](Cl)(Cl)CC[Si](C)(Cl)Cl.C[Si](Cl)(Cl)Cl. The quantitative estimate of drug-likeness (QED) is 0.265. The summed E-state index contributed by atoms with van der Waals surface area (Å²) >= 11 is 49.4. The van der Waals surface area contributed by atoms with Gasteiger partial charge in [0.15, 0.2) is 0 Å². The maximum Gasteiger partial charge on any atom is 0.338 e. The molecular formula is C6H17Cl9Si4. The van der Waals surface area contributed by atoms with Crippen LogP contribution in [0.5, 0.6) is 0 Å². The van der Waals surface area contributed by atoms with Gasteiger partial charge in [0.1, 0.15) is 0 Å². The van der Waals surface area contributed by atoms with E-state index in [1.807, 2.05) is 19.6 Å². The molecule has 0 heterocycles. The summed E-state index contributed by atoms with van der Waals surface area (Å²) in [4.78, 5) is 0. The third-order valence-electron chi connectivity index (χ3n) is 1.00. The molecule has 0 aliphatic carbocycles. The smallest absolute Gasteiger partial charge is 0.151 e. The van der Waals surface area contributed by atoms with Crippen molar-refractivity contribution in [3.63, 3.8) is 0 Å². The first-order chi connectivity index (χ1) is 7.94. The summed E-state index contributed by atoms with van der Waals surface area (Å²) < 4.78 is 0. The molecule has 0 radical (unpaired) electrons. The minimum atomic E-state index is -2.19. The summed E-state index contributed by atoms with van der Waals surface area (Å²) in [6, 6.07) is -0.600. The van der Waals surface area contributed by atoms with Gasteiger partial charge in [-0.25, -0.2) is 0 Å². The van der Waals surface area contributed by atoms with Crippen LogP contribution >= 0.6 is 99.7 Å². The molecule has 0 rings (SSSR count). The fraction of sp³-hybridized carbons (Fsp3) is 1.00. The first kappa shape index (κ1) is 27.3. The lowest BCUT2D eigenvalue weighted by Gasteiger charge is -2.14. The Morgan fingerprint density at radius 2 is 0.789 bits per heavy atom. The van der Waals surface area contributed by atoms with Gasteiger partial charge in [-0.1, -0.05) is 0 Å². The first-order valence-corrected chi connectivity index (χ1v) is 24.7. The van der Waals surface area contributed by atoms with Crippen molar-refractivity contribution in [1.82, 2.24) is 0 Å². The maximum absolute atomic E-state index is 5.85. The summed E-state index contributed by atoms with van der Waals surface area (Å²) in [7, 11) is -1.19. The van der Waals surface area contributed by atoms with Crippen molar-refractivity contribution in [2.45, 2.75) is 38.3 Å². The predicted octanol–water partition coefficient (Wildman–Crippen LogP) is 7.67. The van der Waals surface area contributed by atoms with Crippen molar-refractivity contribution >= 4 is 127 Å². The van der Waals surface area contributed by atoms with E-state index in [0.29, 0.717) is 0 Å². The van der Waals surface area contributed by atoms with Gasteiger partial charge in [0.2, 0.25) is 20.8 Å². The molecule has 0 unspecified atom stereocenters. The third kappa shape index (κ3) is 74.2. The fourth-order valence-electron chi connectivity index (χ4n) is 0.439. The molecule has 0 aliphatic heterocycles. The van der Waals surface area contributed by atoms with Crippen LogP contribution in [-0.4, -0.2) is 26.8 Å². The van der Waals surface area contributed by atoms with E-state index < -0.39 is 26.8 Å². The van der Waals surface area contributed by atoms with Gasteiger partial charge in [-0.2, -0.15) is 22.2 Å². The van der Waals surface area contributed by atoms with Crippen LogP contribution in [0.25, 0.3) is 0 Å². The van der Waals surface area contributed by atoms with Crippen LogP contribution < -0.4 is 0 Å². The predicted molar refractivity (Wildman–Crippen MR) is 110 cm³/mol. The Morgan fingerprint density at radius 1 is 0.684 bits per heavy atom. The van der Waals surface area contributed by atoms with Crippen molar-refractivity contribution in [3.8, 4) is 0 Å². The molecule has 0 aromatic rings. The number of halogens is 9. The molecule has 19 heavy (non-hydrogen) atoms. The van der Waals surface area contributed by atoms with Crippen LogP contribution in [0.1, 0.15) is 0 Å². The number of rotatable bonds is 3. The summed E-state index contributed by atoms with van der Waals surface area (Å²) in [6.07, 6.45) is 0. The second-order valence-corrected chi connectivity index (χ2v) is 36.1. The summed E-state index contributed by atoms with van der Waals surface area (Å²) in [5.41, 5.74) is 0. The van der Waals surface area contributed by atoms with E-state index in [9.17, 15) is 0 Å². The van der Waals surface area contributed by atoms with E-state index >= 15 is 0 Å². The van der Waals surface area contributed by atoms with Crippen LogP contribution in [0.3, 0.4) is 0 Å². The second kappa shape index (κ2) is 12.8. The van der Waals surface area contributed by atoms with Crippen molar-refractivity contribution in [2.24, 2.45) is 0 Å². The molecule has 0 saturated heterocycles. The second-order valence-electron chi connectivity index (χ2n) is 3.94. The van der Waals surface area contributed by atoms with Crippen molar-refractivity contribution in [3.05, 3.63) is 0 Å². The Bertz CT molecular complexity index is 183. The molecule has 0 saturated carbocycles. The van der Waals surface area contributed by atoms with Crippen LogP contribution in [0.4, 0.5) is 0 Å². The Hall–Kier alpha value is 3.48. The lowest BCUT2D eigenvalue weighted by Crippen LogP contribution is -2.20. The molecule has 0 aliphatic rings. The normalized spacial score (nSPS) is 12.3. The highest BCUT2D eigenvalue weighted by Crippen LogP contribution is 2.29. The Balaban J connectivity index is -0.000000238. The highest BCUT2D eigenvalue weighted by atomic mass is 35.8. The van der Waals surface area contributed by atoms with Gasteiger partial charge in [-0.05, 0) is 38.3 Å². The van der Waals surface area contributed by atoms with Gasteiger partial charge in [0.05, 0.1) is 0 Å². The largest absolute Gasteiger partial charge is 0.338 e. The van der Waals surface area contributed by atoms with E-state index in [-0.39, 0.29) is 0 Å². The number of hydrogen-bond donors (Lipinski definition) is 0. The molecule has 0 aromatic heterocycles. The van der Waals surface area contributed by atoms with E-state index in [4.69, 9.17) is 99.7 Å². The van der Waals surface area contributed by atoms with Crippen LogP contribution in [0.2, 0.25) is 38.3 Å². The molecule has 0 aromatic carbocycles. The minimum Gasteiger partial charge on any atom is -0.151 e. The molecular weight excluding hydrogens is 503 g/mol. The Kier molecular flexibility index (Phi) is 18.5. The van der Waals surface area contributed by atoms with Crippen molar-refractivity contribution in [2.75, 3.05) is 0 Å². The Labute approximate surface area is 163 Å². The lowest BCUT2D eigenvalue weighted by molar-refractivity contribution is 1.38. The zero-order valence-corrected chi connectivity index (χ0v) is 21.9. The van der Waals surface area contributed by atoms with E-state index in [1.54, 1.807) is 6.55 Å². The zero-order valence-electron chi connectivity index (χ0n) is 10.9. The van der Waals surface area contributed by atoms with Gasteiger partial charge in [-0.15, -0.1) is 77.6 Å². The lowest BCUT2D eigenvalue weighted by atomic mass is 10.9. The molecule has 0 N–H and O–H groups in total. The first-order valence-electron chi connectivity index (χ1n) is 5.04. The Morgan fingerprint density at radius 3 is 0.842 bits per heavy atom. The van der Waals surface area contributed by atoms with E-state index in [2.05, 4.69) is 0 Å². The van der Waals surface area contributed by atoms with Crippen LogP contribution in [-0.2, 0) is 0 Å². The molecule has 0 amide bonds. The van der Waals surface area contributed by atoms with Gasteiger partial charge >= 0.3 is 6.00 Å². The summed E-state index contributed by atoms with van der Waals surface area (Å²) in [5, 5.41) is 0. The van der Waals surface area contributed by atoms with Crippen molar-refractivity contribution < 1.29 is 0 Å². The van der Waals surface area contributed by atoms with Crippen LogP contribution in [0.15, 0.2) is 0 Å². The molecule has 0 atom stereocenters. The van der Waals surface area contributed by atoms with Gasteiger partial charge < -0.3 is 0 Å². The molecule has 0 fully saturated rings. The van der Waals surface area contributed by atoms with Gasteiger partial charge in [0.25, 0.3) is 0 Å². The summed E-state index contributed by atoms with van der Waals surface area (Å²) in [5.74, 6) is 0. The fourth-order valence-corrected chi connectivity index (χ4v) is 7.35. The van der Waals surface area contributed by atoms with E-state index in [1.165, 1.54) is 0 Å². The van der Waals surface area contributed by atoms with Crippen molar-refractivity contribution in [1.29, 1.82) is 0 Å². The monoisotopic (exact) mass is 516 g/mol. The molecule has 13 heteroatoms. The van der Waals surface area contributed by atoms with Gasteiger partial charge in [-0.3, -0.25) is 0 Å². The number of hydrogen-bond acceptors (Lipinski definition) is 0. The zero-order chi connectivity index (χ0) is 16.5. The molecule has 0 bridgehead atoms. The average molecular weight is 521 g/mol. The minimum absolute atomic E-state index is 0.797. The summed E-state index contributed by atoms with van der Waals surface area (Å²) in [6.45, 7) is 3.30. The molecule has 0 spiro atoms. The third-order valence-corrected chi connectivity index (χ3v) is 6.03. The average Bonchev–Trinajstić information content (AvgIpc) is 1.93. The molecule has 0 nitrogen and oxygen atoms in total. The van der Waals surface area contributed by atoms with E-state index in [0.717, 1.165) is 12.1 Å². The standard InChI is InChI=1S/C4H10Cl4Si2.CH3Cl3Si.CH4Cl2Si/c1-9(5,6)3-4-10(2,7)8;1-5(2,3)4;1-4(2)3/h3-4H2,1-2H3;1H3;4H,1H3. The van der Waals surface area contributed by atoms with Crippen LogP contribution in [0, 0.1) is 0 Å². The van der Waals surface area contributed by atoms with Gasteiger partial charge in [0, 0.05) is 0 Å². The molecule has 120 valence electrons.